The molecule has 1 saturated heterocycles. The number of rotatable bonds is 6. The highest BCUT2D eigenvalue weighted by Crippen LogP contribution is 2.21. The van der Waals surface area contributed by atoms with E-state index in [0.29, 0.717) is 18.7 Å². The van der Waals surface area contributed by atoms with Crippen LogP contribution in [0.4, 0.5) is 5.69 Å². The first-order valence-electron chi connectivity index (χ1n) is 9.26. The molecule has 2 heterocycles. The number of hydrogen-bond acceptors (Lipinski definition) is 6. The van der Waals surface area contributed by atoms with Gasteiger partial charge in [0.15, 0.2) is 5.82 Å². The molecule has 28 heavy (non-hydrogen) atoms. The Balaban J connectivity index is 0.00000196. The molecule has 1 fully saturated rings. The number of benzene rings is 1. The Labute approximate surface area is 178 Å². The van der Waals surface area contributed by atoms with E-state index < -0.39 is 0 Å². The maximum Gasteiger partial charge on any atom is 0.243 e. The summed E-state index contributed by atoms with van der Waals surface area (Å²) in [5, 5.41) is 3.97. The van der Waals surface area contributed by atoms with Crippen LogP contribution in [-0.2, 0) is 17.6 Å². The number of nitrogens with two attached hydrogens (primary N) is 1. The minimum atomic E-state index is 0. The maximum absolute atomic E-state index is 12.5. The van der Waals surface area contributed by atoms with Crippen LogP contribution in [0.2, 0.25) is 0 Å². The number of anilines is 1. The zero-order valence-electron chi connectivity index (χ0n) is 16.3. The molecule has 2 aromatic rings. The van der Waals surface area contributed by atoms with Gasteiger partial charge in [0, 0.05) is 44.7 Å². The minimum Gasteiger partial charge on any atom is -0.399 e. The fourth-order valence-electron chi connectivity index (χ4n) is 3.26. The molecule has 1 aromatic heterocycles. The zero-order valence-corrected chi connectivity index (χ0v) is 18.0. The lowest BCUT2D eigenvalue weighted by Gasteiger charge is -2.36. The van der Waals surface area contributed by atoms with Crippen LogP contribution in [0, 0.1) is 0 Å². The van der Waals surface area contributed by atoms with Gasteiger partial charge in [-0.2, -0.15) is 4.98 Å². The highest BCUT2D eigenvalue weighted by molar-refractivity contribution is 5.85. The Morgan fingerprint density at radius 2 is 1.89 bits per heavy atom. The fraction of sp³-hybridized carbons (Fsp3) is 0.526. The Kier molecular flexibility index (Phi) is 9.72. The summed E-state index contributed by atoms with van der Waals surface area (Å²) in [4.78, 5) is 21.1. The highest BCUT2D eigenvalue weighted by Gasteiger charge is 2.27. The summed E-state index contributed by atoms with van der Waals surface area (Å²) in [5.74, 6) is 1.58. The molecule has 0 bridgehead atoms. The third kappa shape index (κ3) is 5.83. The maximum atomic E-state index is 12.5. The molecular weight excluding hydrogens is 401 g/mol. The second kappa shape index (κ2) is 11.2. The lowest BCUT2D eigenvalue weighted by atomic mass is 10.1. The number of hydrogen-bond donors (Lipinski definition) is 1. The third-order valence-corrected chi connectivity index (χ3v) is 5.04. The van der Waals surface area contributed by atoms with Crippen molar-refractivity contribution >= 4 is 36.4 Å². The first kappa shape index (κ1) is 24.2. The molecule has 156 valence electrons. The molecule has 1 aliphatic heterocycles. The lowest BCUT2D eigenvalue weighted by Crippen LogP contribution is -2.49. The summed E-state index contributed by atoms with van der Waals surface area (Å²) < 4.78 is 5.35. The van der Waals surface area contributed by atoms with Gasteiger partial charge >= 0.3 is 0 Å². The largest absolute Gasteiger partial charge is 0.399 e. The van der Waals surface area contributed by atoms with E-state index in [0.717, 1.165) is 49.7 Å². The number of amides is 1. The van der Waals surface area contributed by atoms with Gasteiger partial charge in [-0.3, -0.25) is 9.69 Å². The van der Waals surface area contributed by atoms with Gasteiger partial charge < -0.3 is 15.2 Å². The van der Waals surface area contributed by atoms with Gasteiger partial charge in [0.1, 0.15) is 0 Å². The van der Waals surface area contributed by atoms with E-state index in [9.17, 15) is 4.79 Å². The molecule has 3 rings (SSSR count). The van der Waals surface area contributed by atoms with Crippen LogP contribution < -0.4 is 5.73 Å². The van der Waals surface area contributed by atoms with E-state index in [4.69, 9.17) is 10.3 Å². The van der Waals surface area contributed by atoms with Gasteiger partial charge in [-0.15, -0.1) is 24.8 Å². The number of nitrogen functional groups attached to an aromatic ring is 1. The van der Waals surface area contributed by atoms with E-state index in [1.807, 2.05) is 36.1 Å². The number of aromatic nitrogens is 2. The molecule has 1 amide bonds. The number of piperazine rings is 1. The molecule has 1 aliphatic rings. The molecule has 1 atom stereocenters. The van der Waals surface area contributed by atoms with Crippen molar-refractivity contribution < 1.29 is 9.32 Å². The summed E-state index contributed by atoms with van der Waals surface area (Å²) in [5.41, 5.74) is 7.75. The van der Waals surface area contributed by atoms with Crippen molar-refractivity contribution in [3.63, 3.8) is 0 Å². The predicted octanol–water partition coefficient (Wildman–Crippen LogP) is 2.90. The second-order valence-electron chi connectivity index (χ2n) is 6.69. The SMILES string of the molecule is CCc1noc(C(C)N2CCN(C(=O)CCc3ccccc3N)CC2)n1.Cl.Cl. The fourth-order valence-corrected chi connectivity index (χ4v) is 3.26. The normalized spacial score (nSPS) is 15.4. The number of nitrogens with zero attached hydrogens (tertiary/aromatic N) is 4. The van der Waals surface area contributed by atoms with E-state index in [1.165, 1.54) is 0 Å². The summed E-state index contributed by atoms with van der Waals surface area (Å²) in [6.45, 7) is 7.15. The van der Waals surface area contributed by atoms with Gasteiger partial charge in [-0.25, -0.2) is 0 Å². The molecule has 1 aromatic carbocycles. The quantitative estimate of drug-likeness (QED) is 0.709. The van der Waals surface area contributed by atoms with Crippen molar-refractivity contribution in [3.05, 3.63) is 41.5 Å². The summed E-state index contributed by atoms with van der Waals surface area (Å²) in [6, 6.07) is 7.80. The molecule has 0 aliphatic carbocycles. The minimum absolute atomic E-state index is 0. The third-order valence-electron chi connectivity index (χ3n) is 5.04. The number of carbonyl (C=O) groups excluding carboxylic acids is 1. The van der Waals surface area contributed by atoms with Crippen LogP contribution in [0.15, 0.2) is 28.8 Å². The van der Waals surface area contributed by atoms with E-state index >= 15 is 0 Å². The number of halogens is 2. The van der Waals surface area contributed by atoms with Gasteiger partial charge in [0.25, 0.3) is 0 Å². The number of para-hydroxylation sites is 1. The van der Waals surface area contributed by atoms with Crippen LogP contribution in [0.1, 0.15) is 43.6 Å². The Morgan fingerprint density at radius 1 is 1.21 bits per heavy atom. The van der Waals surface area contributed by atoms with Crippen LogP contribution in [0.5, 0.6) is 0 Å². The monoisotopic (exact) mass is 429 g/mol. The molecule has 0 spiro atoms. The van der Waals surface area contributed by atoms with Crippen molar-refractivity contribution in [2.75, 3.05) is 31.9 Å². The average Bonchev–Trinajstić information content (AvgIpc) is 3.16. The highest BCUT2D eigenvalue weighted by atomic mass is 35.5. The summed E-state index contributed by atoms with van der Waals surface area (Å²) >= 11 is 0. The smallest absolute Gasteiger partial charge is 0.243 e. The number of aryl methyl sites for hydroxylation is 2. The Hall–Kier alpha value is -1.83. The topological polar surface area (TPSA) is 88.5 Å². The lowest BCUT2D eigenvalue weighted by molar-refractivity contribution is -0.133. The first-order chi connectivity index (χ1) is 12.6. The standard InChI is InChI=1S/C19H27N5O2.2ClH/c1-3-17-21-19(26-22-17)14(2)23-10-12-24(13-11-23)18(25)9-8-15-6-4-5-7-16(15)20;;/h4-7,14H,3,8-13,20H2,1-2H3;2*1H. The molecule has 0 radical (unpaired) electrons. The van der Waals surface area contributed by atoms with Crippen LogP contribution in [0.25, 0.3) is 0 Å². The second-order valence-corrected chi connectivity index (χ2v) is 6.69. The predicted molar refractivity (Wildman–Crippen MR) is 114 cm³/mol. The summed E-state index contributed by atoms with van der Waals surface area (Å²) in [6.07, 6.45) is 1.95. The van der Waals surface area contributed by atoms with Crippen molar-refractivity contribution in [3.8, 4) is 0 Å². The molecule has 0 saturated carbocycles. The van der Waals surface area contributed by atoms with Crippen LogP contribution in [-0.4, -0.2) is 52.0 Å². The van der Waals surface area contributed by atoms with Crippen LogP contribution in [0.3, 0.4) is 0 Å². The van der Waals surface area contributed by atoms with Gasteiger partial charge in [-0.1, -0.05) is 30.3 Å². The molecule has 2 N–H and O–H groups in total. The zero-order chi connectivity index (χ0) is 18.5. The molecule has 1 unspecified atom stereocenters. The van der Waals surface area contributed by atoms with Gasteiger partial charge in [0.2, 0.25) is 11.8 Å². The van der Waals surface area contributed by atoms with E-state index in [1.54, 1.807) is 0 Å². The Bertz CT molecular complexity index is 747. The van der Waals surface area contributed by atoms with E-state index in [2.05, 4.69) is 22.0 Å². The first-order valence-corrected chi connectivity index (χ1v) is 9.26. The van der Waals surface area contributed by atoms with Crippen molar-refractivity contribution in [1.82, 2.24) is 19.9 Å². The van der Waals surface area contributed by atoms with Crippen molar-refractivity contribution in [2.24, 2.45) is 0 Å². The molecular formula is C19H29Cl2N5O2. The molecule has 7 nitrogen and oxygen atoms in total. The van der Waals surface area contributed by atoms with E-state index in [-0.39, 0.29) is 36.8 Å². The Morgan fingerprint density at radius 3 is 2.50 bits per heavy atom. The average molecular weight is 430 g/mol. The summed E-state index contributed by atoms with van der Waals surface area (Å²) in [7, 11) is 0. The molecule has 9 heteroatoms. The number of carbonyl (C=O) groups is 1. The van der Waals surface area contributed by atoms with Gasteiger partial charge in [-0.05, 0) is 25.0 Å². The van der Waals surface area contributed by atoms with Crippen LogP contribution >= 0.6 is 24.8 Å². The van der Waals surface area contributed by atoms with Crippen molar-refractivity contribution in [2.45, 2.75) is 39.2 Å². The van der Waals surface area contributed by atoms with Crippen molar-refractivity contribution in [1.29, 1.82) is 0 Å². The van der Waals surface area contributed by atoms with Gasteiger partial charge in [0.05, 0.1) is 6.04 Å².